The SMILES string of the molecule is CC1=CC(=O)OC2(CC(C)CCC2C(C)C)O1. The molecule has 2 aliphatic rings. The Kier molecular flexibility index (Phi) is 3.19. The van der Waals surface area contributed by atoms with Crippen molar-refractivity contribution in [1.82, 2.24) is 0 Å². The van der Waals surface area contributed by atoms with Crippen LogP contribution in [-0.2, 0) is 14.3 Å². The van der Waals surface area contributed by atoms with Crippen LogP contribution in [0, 0.1) is 17.8 Å². The van der Waals surface area contributed by atoms with Crippen LogP contribution in [0.25, 0.3) is 0 Å². The van der Waals surface area contributed by atoms with Crippen LogP contribution in [0.2, 0.25) is 0 Å². The first kappa shape index (κ1) is 12.5. The van der Waals surface area contributed by atoms with Gasteiger partial charge in [0, 0.05) is 12.3 Å². The van der Waals surface area contributed by atoms with E-state index in [-0.39, 0.29) is 5.97 Å². The van der Waals surface area contributed by atoms with E-state index in [0.29, 0.717) is 23.5 Å². The second-order valence-electron chi connectivity index (χ2n) is 5.83. The van der Waals surface area contributed by atoms with Gasteiger partial charge in [0.2, 0.25) is 0 Å². The van der Waals surface area contributed by atoms with Gasteiger partial charge < -0.3 is 9.47 Å². The van der Waals surface area contributed by atoms with Gasteiger partial charge in [0.15, 0.2) is 0 Å². The van der Waals surface area contributed by atoms with Crippen molar-refractivity contribution < 1.29 is 14.3 Å². The molecular weight excluding hydrogens is 216 g/mol. The van der Waals surface area contributed by atoms with Gasteiger partial charge in [0.1, 0.15) is 5.76 Å². The first-order chi connectivity index (χ1) is 7.93. The topological polar surface area (TPSA) is 35.5 Å². The molecule has 1 aliphatic heterocycles. The monoisotopic (exact) mass is 238 g/mol. The molecule has 3 heteroatoms. The summed E-state index contributed by atoms with van der Waals surface area (Å²) >= 11 is 0. The molecule has 96 valence electrons. The first-order valence-electron chi connectivity index (χ1n) is 6.53. The number of hydrogen-bond acceptors (Lipinski definition) is 3. The van der Waals surface area contributed by atoms with Gasteiger partial charge in [0.25, 0.3) is 5.79 Å². The largest absolute Gasteiger partial charge is 0.456 e. The third-order valence-electron chi connectivity index (χ3n) is 3.90. The number of ether oxygens (including phenoxy) is 2. The predicted octanol–water partition coefficient (Wildman–Crippen LogP) is 3.25. The lowest BCUT2D eigenvalue weighted by Crippen LogP contribution is -2.52. The van der Waals surface area contributed by atoms with Crippen molar-refractivity contribution in [3.05, 3.63) is 11.8 Å². The highest BCUT2D eigenvalue weighted by Gasteiger charge is 2.51. The molecule has 1 spiro atoms. The maximum absolute atomic E-state index is 11.6. The fourth-order valence-corrected chi connectivity index (χ4v) is 3.19. The highest BCUT2D eigenvalue weighted by atomic mass is 16.7. The summed E-state index contributed by atoms with van der Waals surface area (Å²) in [4.78, 5) is 11.6. The molecule has 0 aromatic heterocycles. The number of hydrogen-bond donors (Lipinski definition) is 0. The lowest BCUT2D eigenvalue weighted by Gasteiger charge is -2.47. The fourth-order valence-electron chi connectivity index (χ4n) is 3.19. The molecular formula is C14H22O3. The summed E-state index contributed by atoms with van der Waals surface area (Å²) in [7, 11) is 0. The van der Waals surface area contributed by atoms with Crippen molar-refractivity contribution in [3.63, 3.8) is 0 Å². The molecule has 2 rings (SSSR count). The molecule has 0 radical (unpaired) electrons. The van der Waals surface area contributed by atoms with Gasteiger partial charge in [-0.15, -0.1) is 0 Å². The van der Waals surface area contributed by atoms with Crippen LogP contribution in [0.4, 0.5) is 0 Å². The van der Waals surface area contributed by atoms with Crippen LogP contribution in [0.5, 0.6) is 0 Å². The van der Waals surface area contributed by atoms with Crippen LogP contribution in [-0.4, -0.2) is 11.8 Å². The van der Waals surface area contributed by atoms with Crippen LogP contribution in [0.1, 0.15) is 47.0 Å². The molecule has 3 nitrogen and oxygen atoms in total. The highest BCUT2D eigenvalue weighted by Crippen LogP contribution is 2.46. The van der Waals surface area contributed by atoms with Gasteiger partial charge in [-0.2, -0.15) is 0 Å². The molecule has 0 amide bonds. The van der Waals surface area contributed by atoms with Crippen LogP contribution < -0.4 is 0 Å². The van der Waals surface area contributed by atoms with E-state index in [4.69, 9.17) is 9.47 Å². The van der Waals surface area contributed by atoms with Crippen LogP contribution in [0.3, 0.4) is 0 Å². The molecule has 17 heavy (non-hydrogen) atoms. The van der Waals surface area contributed by atoms with E-state index in [1.165, 1.54) is 12.5 Å². The Hall–Kier alpha value is -0.990. The smallest absolute Gasteiger partial charge is 0.337 e. The van der Waals surface area contributed by atoms with E-state index in [0.717, 1.165) is 12.8 Å². The lowest BCUT2D eigenvalue weighted by molar-refractivity contribution is -0.267. The Labute approximate surface area is 103 Å². The number of rotatable bonds is 1. The minimum absolute atomic E-state index is 0.256. The number of allylic oxidation sites excluding steroid dienone is 1. The molecule has 0 aromatic carbocycles. The number of carbonyl (C=O) groups is 1. The Balaban J connectivity index is 2.30. The standard InChI is InChI=1S/C14H22O3/c1-9(2)12-6-5-10(3)8-14(12)16-11(4)7-13(15)17-14/h7,9-10,12H,5-6,8H2,1-4H3. The van der Waals surface area contributed by atoms with Crippen molar-refractivity contribution in [2.75, 3.05) is 0 Å². The molecule has 3 unspecified atom stereocenters. The van der Waals surface area contributed by atoms with Crippen molar-refractivity contribution in [3.8, 4) is 0 Å². The summed E-state index contributed by atoms with van der Waals surface area (Å²) in [5.41, 5.74) is 0. The maximum atomic E-state index is 11.6. The van der Waals surface area contributed by atoms with Crippen molar-refractivity contribution in [2.45, 2.75) is 52.7 Å². The first-order valence-corrected chi connectivity index (χ1v) is 6.53. The molecule has 0 aromatic rings. The predicted molar refractivity (Wildman–Crippen MR) is 65.0 cm³/mol. The van der Waals surface area contributed by atoms with E-state index in [1.54, 1.807) is 0 Å². The molecule has 0 saturated heterocycles. The van der Waals surface area contributed by atoms with E-state index >= 15 is 0 Å². The van der Waals surface area contributed by atoms with Crippen LogP contribution in [0.15, 0.2) is 11.8 Å². The average Bonchev–Trinajstić information content (AvgIpc) is 2.13. The molecule has 1 fully saturated rings. The summed E-state index contributed by atoms with van der Waals surface area (Å²) in [5, 5.41) is 0. The summed E-state index contributed by atoms with van der Waals surface area (Å²) in [6, 6.07) is 0. The van der Waals surface area contributed by atoms with Gasteiger partial charge in [-0.05, 0) is 31.6 Å². The second-order valence-corrected chi connectivity index (χ2v) is 5.83. The normalized spacial score (nSPS) is 37.7. The zero-order valence-corrected chi connectivity index (χ0v) is 11.2. The minimum Gasteiger partial charge on any atom is -0.456 e. The van der Waals surface area contributed by atoms with Crippen molar-refractivity contribution in [2.24, 2.45) is 17.8 Å². The lowest BCUT2D eigenvalue weighted by atomic mass is 9.72. The third kappa shape index (κ3) is 2.33. The third-order valence-corrected chi connectivity index (χ3v) is 3.90. The fraction of sp³-hybridized carbons (Fsp3) is 0.786. The van der Waals surface area contributed by atoms with Crippen molar-refractivity contribution in [1.29, 1.82) is 0 Å². The van der Waals surface area contributed by atoms with E-state index < -0.39 is 5.79 Å². The Morgan fingerprint density at radius 1 is 1.35 bits per heavy atom. The van der Waals surface area contributed by atoms with Gasteiger partial charge in [-0.3, -0.25) is 0 Å². The molecule has 1 aliphatic carbocycles. The van der Waals surface area contributed by atoms with E-state index in [9.17, 15) is 4.79 Å². The molecule has 1 heterocycles. The molecule has 0 bridgehead atoms. The summed E-state index contributed by atoms with van der Waals surface area (Å²) in [6.45, 7) is 8.38. The Morgan fingerprint density at radius 2 is 2.06 bits per heavy atom. The summed E-state index contributed by atoms with van der Waals surface area (Å²) < 4.78 is 11.5. The van der Waals surface area contributed by atoms with Gasteiger partial charge in [-0.25, -0.2) is 4.79 Å². The number of esters is 1. The van der Waals surface area contributed by atoms with Gasteiger partial charge >= 0.3 is 5.97 Å². The highest BCUT2D eigenvalue weighted by molar-refractivity contribution is 5.83. The van der Waals surface area contributed by atoms with Crippen molar-refractivity contribution >= 4 is 5.97 Å². The van der Waals surface area contributed by atoms with Gasteiger partial charge in [-0.1, -0.05) is 20.8 Å². The minimum atomic E-state index is -0.707. The summed E-state index contributed by atoms with van der Waals surface area (Å²) in [6.07, 6.45) is 4.50. The maximum Gasteiger partial charge on any atom is 0.337 e. The molecule has 3 atom stereocenters. The van der Waals surface area contributed by atoms with Gasteiger partial charge in [0.05, 0.1) is 6.08 Å². The Morgan fingerprint density at radius 3 is 2.65 bits per heavy atom. The van der Waals surface area contributed by atoms with Crippen LogP contribution >= 0.6 is 0 Å². The zero-order chi connectivity index (χ0) is 12.6. The number of carbonyl (C=O) groups excluding carboxylic acids is 1. The second kappa shape index (κ2) is 4.35. The zero-order valence-electron chi connectivity index (χ0n) is 11.2. The quantitative estimate of drug-likeness (QED) is 0.658. The Bertz CT molecular complexity index is 345. The molecule has 1 saturated carbocycles. The van der Waals surface area contributed by atoms with E-state index in [1.807, 2.05) is 6.92 Å². The average molecular weight is 238 g/mol. The van der Waals surface area contributed by atoms with E-state index in [2.05, 4.69) is 20.8 Å². The molecule has 0 N–H and O–H groups in total. The summed E-state index contributed by atoms with van der Waals surface area (Å²) in [5.74, 6) is 1.02.